The molecule has 0 aromatic heterocycles. The average molecular weight is 631 g/mol. The molecule has 1 unspecified atom stereocenters. The molecule has 1 saturated carbocycles. The Morgan fingerprint density at radius 2 is 1.62 bits per heavy atom. The molecule has 3 aromatic rings. The van der Waals surface area contributed by atoms with Crippen molar-refractivity contribution in [1.29, 1.82) is 0 Å². The summed E-state index contributed by atoms with van der Waals surface area (Å²) in [6.45, 7) is 3.17. The van der Waals surface area contributed by atoms with Gasteiger partial charge < -0.3 is 10.2 Å². The predicted molar refractivity (Wildman–Crippen MR) is 168 cm³/mol. The van der Waals surface area contributed by atoms with E-state index in [0.717, 1.165) is 48.4 Å². The first-order chi connectivity index (χ1) is 20.1. The normalized spacial score (nSPS) is 14.7. The quantitative estimate of drug-likeness (QED) is 0.258. The highest BCUT2D eigenvalue weighted by Crippen LogP contribution is 2.27. The Bertz CT molecular complexity index is 1480. The summed E-state index contributed by atoms with van der Waals surface area (Å²) in [5, 5.41) is 3.89. The fraction of sp³-hybridized carbons (Fsp3) is 0.375. The van der Waals surface area contributed by atoms with Crippen LogP contribution in [0.3, 0.4) is 0 Å². The van der Waals surface area contributed by atoms with Crippen LogP contribution in [0.4, 0.5) is 5.69 Å². The van der Waals surface area contributed by atoms with E-state index in [-0.39, 0.29) is 23.4 Å². The largest absolute Gasteiger partial charge is 0.352 e. The lowest BCUT2D eigenvalue weighted by molar-refractivity contribution is -0.139. The lowest BCUT2D eigenvalue weighted by atomic mass is 9.95. The lowest BCUT2D eigenvalue weighted by Crippen LogP contribution is -2.53. The molecule has 7 nitrogen and oxygen atoms in total. The molecule has 2 amide bonds. The van der Waals surface area contributed by atoms with Crippen LogP contribution in [-0.4, -0.2) is 43.8 Å². The smallest absolute Gasteiger partial charge is 0.264 e. The Morgan fingerprint density at radius 3 is 2.24 bits per heavy atom. The molecular formula is C32H37Cl2N3O4S. The summed E-state index contributed by atoms with van der Waals surface area (Å²) in [5.41, 5.74) is 1.99. The van der Waals surface area contributed by atoms with Crippen molar-refractivity contribution < 1.29 is 18.0 Å². The van der Waals surface area contributed by atoms with E-state index in [1.54, 1.807) is 55.5 Å². The molecule has 0 heterocycles. The zero-order valence-electron chi connectivity index (χ0n) is 23.9. The third-order valence-corrected chi connectivity index (χ3v) is 10.1. The van der Waals surface area contributed by atoms with Crippen LogP contribution >= 0.6 is 23.2 Å². The summed E-state index contributed by atoms with van der Waals surface area (Å²) >= 11 is 12.6. The van der Waals surface area contributed by atoms with Crippen molar-refractivity contribution in [2.24, 2.45) is 0 Å². The van der Waals surface area contributed by atoms with Crippen LogP contribution in [0.2, 0.25) is 10.0 Å². The number of amides is 2. The first-order valence-electron chi connectivity index (χ1n) is 14.3. The van der Waals surface area contributed by atoms with Crippen LogP contribution in [0.1, 0.15) is 57.1 Å². The number of anilines is 1. The van der Waals surface area contributed by atoms with Gasteiger partial charge in [0, 0.05) is 22.6 Å². The number of carbonyl (C=O) groups is 2. The molecule has 4 rings (SSSR count). The fourth-order valence-corrected chi connectivity index (χ4v) is 7.03. The molecule has 1 aliphatic carbocycles. The van der Waals surface area contributed by atoms with Gasteiger partial charge >= 0.3 is 0 Å². The van der Waals surface area contributed by atoms with Crippen molar-refractivity contribution in [3.8, 4) is 0 Å². The molecule has 224 valence electrons. The number of sulfonamides is 1. The van der Waals surface area contributed by atoms with Crippen LogP contribution in [0.15, 0.2) is 77.7 Å². The zero-order chi connectivity index (χ0) is 30.3. The zero-order valence-corrected chi connectivity index (χ0v) is 26.3. The van der Waals surface area contributed by atoms with E-state index in [4.69, 9.17) is 23.2 Å². The van der Waals surface area contributed by atoms with Crippen molar-refractivity contribution in [3.63, 3.8) is 0 Å². The summed E-state index contributed by atoms with van der Waals surface area (Å²) in [4.78, 5) is 29.0. The maximum atomic E-state index is 14.1. The maximum absolute atomic E-state index is 14.1. The molecule has 0 bridgehead atoms. The van der Waals surface area contributed by atoms with Gasteiger partial charge in [0.1, 0.15) is 12.6 Å². The number of nitrogens with zero attached hydrogens (tertiary/aromatic N) is 2. The number of rotatable bonds is 11. The molecule has 0 aliphatic heterocycles. The highest BCUT2D eigenvalue weighted by atomic mass is 35.5. The van der Waals surface area contributed by atoms with Crippen molar-refractivity contribution >= 4 is 50.7 Å². The number of benzene rings is 3. The first kappa shape index (κ1) is 31.9. The van der Waals surface area contributed by atoms with Gasteiger partial charge in [-0.2, -0.15) is 0 Å². The average Bonchev–Trinajstić information content (AvgIpc) is 3.00. The number of hydrogen-bond donors (Lipinski definition) is 1. The molecule has 42 heavy (non-hydrogen) atoms. The second-order valence-electron chi connectivity index (χ2n) is 10.6. The number of halogens is 2. The van der Waals surface area contributed by atoms with Crippen LogP contribution in [0.25, 0.3) is 0 Å². The van der Waals surface area contributed by atoms with Crippen molar-refractivity contribution in [3.05, 3.63) is 94.0 Å². The van der Waals surface area contributed by atoms with Gasteiger partial charge in [-0.25, -0.2) is 8.42 Å². The summed E-state index contributed by atoms with van der Waals surface area (Å²) in [7, 11) is -4.12. The van der Waals surface area contributed by atoms with E-state index in [2.05, 4.69) is 5.32 Å². The Morgan fingerprint density at radius 1 is 0.952 bits per heavy atom. The monoisotopic (exact) mass is 629 g/mol. The van der Waals surface area contributed by atoms with Gasteiger partial charge in [-0.1, -0.05) is 85.8 Å². The van der Waals surface area contributed by atoms with Crippen LogP contribution in [0.5, 0.6) is 0 Å². The van der Waals surface area contributed by atoms with Crippen LogP contribution < -0.4 is 9.62 Å². The molecule has 10 heteroatoms. The number of hydrogen-bond acceptors (Lipinski definition) is 4. The van der Waals surface area contributed by atoms with Gasteiger partial charge in [-0.3, -0.25) is 13.9 Å². The molecule has 1 fully saturated rings. The fourth-order valence-electron chi connectivity index (χ4n) is 5.13. The summed E-state index contributed by atoms with van der Waals surface area (Å²) in [6, 6.07) is 19.2. The lowest BCUT2D eigenvalue weighted by Gasteiger charge is -2.33. The highest BCUT2D eigenvalue weighted by molar-refractivity contribution is 7.92. The summed E-state index contributed by atoms with van der Waals surface area (Å²) in [5.74, 6) is -0.823. The van der Waals surface area contributed by atoms with Crippen molar-refractivity contribution in [2.45, 2.75) is 75.9 Å². The van der Waals surface area contributed by atoms with Gasteiger partial charge in [-0.15, -0.1) is 0 Å². The van der Waals surface area contributed by atoms with Gasteiger partial charge in [0.15, 0.2) is 0 Å². The van der Waals surface area contributed by atoms with Gasteiger partial charge in [0.25, 0.3) is 10.0 Å². The molecule has 0 saturated heterocycles. The van der Waals surface area contributed by atoms with Gasteiger partial charge in [0.2, 0.25) is 11.8 Å². The van der Waals surface area contributed by atoms with E-state index in [0.29, 0.717) is 21.3 Å². The van der Waals surface area contributed by atoms with Crippen LogP contribution in [0, 0.1) is 0 Å². The molecular weight excluding hydrogens is 593 g/mol. The number of aryl methyl sites for hydroxylation is 1. The molecule has 1 aliphatic rings. The third kappa shape index (κ3) is 7.85. The molecule has 1 N–H and O–H groups in total. The topological polar surface area (TPSA) is 86.8 Å². The molecule has 3 aromatic carbocycles. The second-order valence-corrected chi connectivity index (χ2v) is 13.3. The third-order valence-electron chi connectivity index (χ3n) is 7.72. The summed E-state index contributed by atoms with van der Waals surface area (Å²) < 4.78 is 28.9. The molecule has 0 radical (unpaired) electrons. The highest BCUT2D eigenvalue weighted by Gasteiger charge is 2.33. The second kappa shape index (κ2) is 14.4. The van der Waals surface area contributed by atoms with Gasteiger partial charge in [0.05, 0.1) is 10.6 Å². The summed E-state index contributed by atoms with van der Waals surface area (Å²) in [6.07, 6.45) is 5.82. The van der Waals surface area contributed by atoms with E-state index < -0.39 is 28.5 Å². The Kier molecular flexibility index (Phi) is 10.9. The van der Waals surface area contributed by atoms with Gasteiger partial charge in [-0.05, 0) is 73.7 Å². The Labute approximate surface area is 258 Å². The first-order valence-corrected chi connectivity index (χ1v) is 16.5. The van der Waals surface area contributed by atoms with Crippen LogP contribution in [-0.2, 0) is 32.6 Å². The standard InChI is InChI=1S/C32H37Cl2N3O4S/c1-3-24-14-18-28(19-15-24)37(42(40,41)29-12-8-5-9-13-29)22-31(38)36(21-25-16-17-26(33)20-30(25)34)23(2)32(39)35-27-10-6-4-7-11-27/h5,8-9,12-20,23,27H,3-4,6-7,10-11,21-22H2,1-2H3,(H,35,39). The number of carbonyl (C=O) groups excluding carboxylic acids is 2. The molecule has 0 spiro atoms. The van der Waals surface area contributed by atoms with E-state index >= 15 is 0 Å². The minimum absolute atomic E-state index is 0.00207. The van der Waals surface area contributed by atoms with E-state index in [9.17, 15) is 18.0 Å². The molecule has 1 atom stereocenters. The maximum Gasteiger partial charge on any atom is 0.264 e. The van der Waals surface area contributed by atoms with Crippen molar-refractivity contribution in [1.82, 2.24) is 10.2 Å². The van der Waals surface area contributed by atoms with E-state index in [1.807, 2.05) is 19.1 Å². The van der Waals surface area contributed by atoms with E-state index in [1.165, 1.54) is 17.0 Å². The Hall–Kier alpha value is -3.07. The minimum atomic E-state index is -4.12. The minimum Gasteiger partial charge on any atom is -0.352 e. The predicted octanol–water partition coefficient (Wildman–Crippen LogP) is 6.62. The number of nitrogens with one attached hydrogen (secondary N) is 1. The van der Waals surface area contributed by atoms with Crippen molar-refractivity contribution in [2.75, 3.05) is 10.8 Å². The Balaban J connectivity index is 1.69. The SMILES string of the molecule is CCc1ccc(N(CC(=O)N(Cc2ccc(Cl)cc2Cl)C(C)C(=O)NC2CCCCC2)S(=O)(=O)c2ccccc2)cc1.